The van der Waals surface area contributed by atoms with E-state index in [1.165, 1.54) is 12.1 Å². The van der Waals surface area contributed by atoms with Crippen molar-refractivity contribution in [2.45, 2.75) is 18.6 Å². The van der Waals surface area contributed by atoms with Gasteiger partial charge in [0.1, 0.15) is 6.04 Å². The summed E-state index contributed by atoms with van der Waals surface area (Å²) in [4.78, 5) is 24.3. The monoisotopic (exact) mass is 419 g/mol. The summed E-state index contributed by atoms with van der Waals surface area (Å²) in [6.07, 6.45) is -4.61. The number of rotatable bonds is 5. The fraction of sp³-hybridized carbons (Fsp3) is 0.222. The molecule has 0 bridgehead atoms. The van der Waals surface area contributed by atoms with Gasteiger partial charge >= 0.3 is 12.1 Å². The van der Waals surface area contributed by atoms with Gasteiger partial charge in [-0.25, -0.2) is 4.79 Å². The van der Waals surface area contributed by atoms with Crippen molar-refractivity contribution in [2.24, 2.45) is 0 Å². The zero-order chi connectivity index (χ0) is 20.2. The first-order valence-corrected chi connectivity index (χ1v) is 8.37. The van der Waals surface area contributed by atoms with Gasteiger partial charge < -0.3 is 10.1 Å². The predicted molar refractivity (Wildman–Crippen MR) is 94.9 cm³/mol. The third kappa shape index (κ3) is 5.61. The van der Waals surface area contributed by atoms with Crippen molar-refractivity contribution >= 4 is 35.1 Å². The fourth-order valence-electron chi connectivity index (χ4n) is 2.32. The van der Waals surface area contributed by atoms with Gasteiger partial charge in [0.05, 0.1) is 12.7 Å². The number of alkyl halides is 3. The zero-order valence-corrected chi connectivity index (χ0v) is 15.5. The molecule has 0 saturated carbocycles. The minimum atomic E-state index is -4.59. The third-order valence-electron chi connectivity index (χ3n) is 3.68. The first-order valence-electron chi connectivity index (χ1n) is 7.61. The van der Waals surface area contributed by atoms with Crippen LogP contribution < -0.4 is 5.32 Å². The Balaban J connectivity index is 2.23. The van der Waals surface area contributed by atoms with Gasteiger partial charge in [0, 0.05) is 22.0 Å². The lowest BCUT2D eigenvalue weighted by Crippen LogP contribution is -2.43. The summed E-state index contributed by atoms with van der Waals surface area (Å²) in [6.45, 7) is 0. The summed E-state index contributed by atoms with van der Waals surface area (Å²) >= 11 is 11.9. The number of hydrogen-bond donors (Lipinski definition) is 1. The Kier molecular flexibility index (Phi) is 6.73. The van der Waals surface area contributed by atoms with Gasteiger partial charge in [-0.3, -0.25) is 4.79 Å². The van der Waals surface area contributed by atoms with Crippen molar-refractivity contribution in [1.82, 2.24) is 5.32 Å². The Bertz CT molecular complexity index is 856. The highest BCUT2D eigenvalue weighted by atomic mass is 35.5. The highest BCUT2D eigenvalue weighted by Gasteiger charge is 2.31. The van der Waals surface area contributed by atoms with Crippen LogP contribution in [0.4, 0.5) is 13.2 Å². The summed E-state index contributed by atoms with van der Waals surface area (Å²) in [5, 5.41) is 3.06. The smallest absolute Gasteiger partial charge is 0.416 e. The molecular weight excluding hydrogens is 406 g/mol. The van der Waals surface area contributed by atoms with Crippen molar-refractivity contribution in [3.63, 3.8) is 0 Å². The highest BCUT2D eigenvalue weighted by Crippen LogP contribution is 2.29. The minimum Gasteiger partial charge on any atom is -0.467 e. The maximum Gasteiger partial charge on any atom is 0.416 e. The number of benzene rings is 2. The largest absolute Gasteiger partial charge is 0.467 e. The molecule has 0 fully saturated rings. The van der Waals surface area contributed by atoms with Gasteiger partial charge in [-0.15, -0.1) is 0 Å². The van der Waals surface area contributed by atoms with Crippen LogP contribution in [0.5, 0.6) is 0 Å². The minimum absolute atomic E-state index is 0.0205. The number of carbonyl (C=O) groups is 2. The quantitative estimate of drug-likeness (QED) is 0.724. The maximum atomic E-state index is 12.8. The average Bonchev–Trinajstić information content (AvgIpc) is 2.61. The van der Waals surface area contributed by atoms with E-state index in [0.717, 1.165) is 19.2 Å². The lowest BCUT2D eigenvalue weighted by molar-refractivity contribution is -0.143. The third-order valence-corrected chi connectivity index (χ3v) is 4.27. The zero-order valence-electron chi connectivity index (χ0n) is 13.9. The van der Waals surface area contributed by atoms with Crippen LogP contribution in [0, 0.1) is 0 Å². The second-order valence-electron chi connectivity index (χ2n) is 5.57. The topological polar surface area (TPSA) is 55.4 Å². The Hall–Kier alpha value is -2.25. The lowest BCUT2D eigenvalue weighted by atomic mass is 10.0. The highest BCUT2D eigenvalue weighted by molar-refractivity contribution is 6.35. The van der Waals surface area contributed by atoms with Crippen LogP contribution in [0.3, 0.4) is 0 Å². The molecule has 27 heavy (non-hydrogen) atoms. The number of esters is 1. The summed E-state index contributed by atoms with van der Waals surface area (Å²) in [5.41, 5.74) is -0.688. The Labute approximate surface area is 163 Å². The van der Waals surface area contributed by atoms with Crippen LogP contribution in [0.1, 0.15) is 21.5 Å². The molecule has 0 aliphatic carbocycles. The number of carbonyl (C=O) groups excluding carboxylic acids is 2. The number of hydrogen-bond acceptors (Lipinski definition) is 3. The predicted octanol–water partition coefficient (Wildman–Crippen LogP) is 4.53. The van der Waals surface area contributed by atoms with E-state index in [9.17, 15) is 22.8 Å². The summed E-state index contributed by atoms with van der Waals surface area (Å²) in [5.74, 6) is -1.61. The first-order chi connectivity index (χ1) is 12.6. The molecule has 0 heterocycles. The van der Waals surface area contributed by atoms with E-state index >= 15 is 0 Å². The van der Waals surface area contributed by atoms with Gasteiger partial charge in [0.25, 0.3) is 5.91 Å². The van der Waals surface area contributed by atoms with E-state index in [-0.39, 0.29) is 17.0 Å². The first kappa shape index (κ1) is 21.1. The van der Waals surface area contributed by atoms with Crippen LogP contribution in [-0.4, -0.2) is 25.0 Å². The number of nitrogens with one attached hydrogen (secondary N) is 1. The molecule has 1 amide bonds. The van der Waals surface area contributed by atoms with Crippen molar-refractivity contribution in [3.8, 4) is 0 Å². The Morgan fingerprint density at radius 2 is 1.85 bits per heavy atom. The van der Waals surface area contributed by atoms with Crippen LogP contribution in [0.2, 0.25) is 10.0 Å². The fourth-order valence-corrected chi connectivity index (χ4v) is 2.81. The van der Waals surface area contributed by atoms with Gasteiger partial charge in [0.15, 0.2) is 0 Å². The van der Waals surface area contributed by atoms with Gasteiger partial charge in [-0.1, -0.05) is 35.3 Å². The van der Waals surface area contributed by atoms with E-state index in [0.29, 0.717) is 16.7 Å². The molecule has 0 spiro atoms. The molecule has 0 aliphatic rings. The number of halogens is 5. The van der Waals surface area contributed by atoms with Gasteiger partial charge in [-0.05, 0) is 35.9 Å². The number of methoxy groups -OCH3 is 1. The van der Waals surface area contributed by atoms with Crippen LogP contribution in [-0.2, 0) is 22.1 Å². The molecule has 144 valence electrons. The van der Waals surface area contributed by atoms with E-state index in [2.05, 4.69) is 10.1 Å². The SMILES string of the molecule is COC(=O)[C@@H](Cc1ccc(Cl)cc1Cl)NC(=O)c1cccc(C(F)(F)F)c1. The number of amides is 1. The molecule has 0 saturated heterocycles. The van der Waals surface area contributed by atoms with Crippen molar-refractivity contribution in [3.05, 3.63) is 69.2 Å². The maximum absolute atomic E-state index is 12.8. The van der Waals surface area contributed by atoms with Gasteiger partial charge in [0.2, 0.25) is 0 Å². The van der Waals surface area contributed by atoms with Crippen LogP contribution in [0.25, 0.3) is 0 Å². The summed E-state index contributed by atoms with van der Waals surface area (Å²) in [7, 11) is 1.13. The molecule has 0 aliphatic heterocycles. The average molecular weight is 420 g/mol. The molecule has 9 heteroatoms. The second kappa shape index (κ2) is 8.63. The second-order valence-corrected chi connectivity index (χ2v) is 6.41. The molecular formula is C18H14Cl2F3NO3. The van der Waals surface area contributed by atoms with Crippen LogP contribution in [0.15, 0.2) is 42.5 Å². The van der Waals surface area contributed by atoms with E-state index in [1.54, 1.807) is 12.1 Å². The van der Waals surface area contributed by atoms with E-state index < -0.39 is 29.7 Å². The van der Waals surface area contributed by atoms with Crippen molar-refractivity contribution < 1.29 is 27.5 Å². The van der Waals surface area contributed by atoms with Crippen molar-refractivity contribution in [1.29, 1.82) is 0 Å². The van der Waals surface area contributed by atoms with Gasteiger partial charge in [-0.2, -0.15) is 13.2 Å². The Morgan fingerprint density at radius 1 is 1.15 bits per heavy atom. The summed E-state index contributed by atoms with van der Waals surface area (Å²) in [6, 6.07) is 7.36. The molecule has 2 rings (SSSR count). The van der Waals surface area contributed by atoms with Crippen LogP contribution >= 0.6 is 23.2 Å². The van der Waals surface area contributed by atoms with E-state index in [1.807, 2.05) is 0 Å². The molecule has 2 aromatic carbocycles. The normalized spacial score (nSPS) is 12.4. The molecule has 1 atom stereocenters. The molecule has 1 N–H and O–H groups in total. The standard InChI is InChI=1S/C18H14Cl2F3NO3/c1-27-17(26)15(8-10-5-6-13(19)9-14(10)20)24-16(25)11-3-2-4-12(7-11)18(21,22)23/h2-7,9,15H,8H2,1H3,(H,24,25)/t15-/m1/s1. The molecule has 0 unspecified atom stereocenters. The molecule has 0 radical (unpaired) electrons. The molecule has 4 nitrogen and oxygen atoms in total. The summed E-state index contributed by atoms with van der Waals surface area (Å²) < 4.78 is 43.1. The van der Waals surface area contributed by atoms with Crippen molar-refractivity contribution in [2.75, 3.05) is 7.11 Å². The lowest BCUT2D eigenvalue weighted by Gasteiger charge is -2.18. The number of ether oxygens (including phenoxy) is 1. The molecule has 2 aromatic rings. The van der Waals surface area contributed by atoms with E-state index in [4.69, 9.17) is 23.2 Å². The Morgan fingerprint density at radius 3 is 2.44 bits per heavy atom. The molecule has 0 aromatic heterocycles.